The lowest BCUT2D eigenvalue weighted by molar-refractivity contribution is -0.141. The van der Waals surface area contributed by atoms with Gasteiger partial charge in [-0.2, -0.15) is 5.26 Å². The van der Waals surface area contributed by atoms with Gasteiger partial charge in [0.05, 0.1) is 11.5 Å². The molecule has 3 rings (SSSR count). The zero-order valence-electron chi connectivity index (χ0n) is 10.2. The summed E-state index contributed by atoms with van der Waals surface area (Å²) < 4.78 is 0. The minimum atomic E-state index is -0.946. The molecule has 0 saturated carbocycles. The number of carboxylic acids is 1. The maximum atomic E-state index is 11.9. The number of hydrogen-bond donors (Lipinski definition) is 1. The third kappa shape index (κ3) is 1.81. The van der Waals surface area contributed by atoms with Gasteiger partial charge in [-0.15, -0.1) is 11.3 Å². The van der Waals surface area contributed by atoms with E-state index in [0.717, 1.165) is 24.8 Å². The second-order valence-electron chi connectivity index (χ2n) is 4.89. The number of carbonyl (C=O) groups excluding carboxylic acids is 1. The first-order valence-corrected chi connectivity index (χ1v) is 7.01. The number of aliphatic carboxylic acids is 1. The molecule has 1 aromatic rings. The van der Waals surface area contributed by atoms with Gasteiger partial charge in [0, 0.05) is 17.8 Å². The number of thiophene rings is 1. The number of amides is 1. The summed E-state index contributed by atoms with van der Waals surface area (Å²) in [5.41, 5.74) is 1.64. The lowest BCUT2D eigenvalue weighted by atomic mass is 10.1. The molecule has 0 radical (unpaired) electrons. The van der Waals surface area contributed by atoms with Crippen LogP contribution in [0.3, 0.4) is 0 Å². The van der Waals surface area contributed by atoms with Crippen LogP contribution in [0.5, 0.6) is 0 Å². The van der Waals surface area contributed by atoms with E-state index in [1.54, 1.807) is 0 Å². The summed E-state index contributed by atoms with van der Waals surface area (Å²) in [7, 11) is 0. The first-order valence-electron chi connectivity index (χ1n) is 6.19. The Kier molecular flexibility index (Phi) is 2.79. The van der Waals surface area contributed by atoms with Crippen molar-refractivity contribution in [2.45, 2.75) is 25.7 Å². The van der Waals surface area contributed by atoms with E-state index in [-0.39, 0.29) is 18.9 Å². The van der Waals surface area contributed by atoms with Crippen molar-refractivity contribution in [3.8, 4) is 6.07 Å². The van der Waals surface area contributed by atoms with E-state index >= 15 is 0 Å². The summed E-state index contributed by atoms with van der Waals surface area (Å²) in [6, 6.07) is 2.19. The predicted molar refractivity (Wildman–Crippen MR) is 69.2 cm³/mol. The third-order valence-corrected chi connectivity index (χ3v) is 5.05. The fraction of sp³-hybridized carbons (Fsp3) is 0.462. The molecule has 0 bridgehead atoms. The maximum absolute atomic E-state index is 11.9. The smallest absolute Gasteiger partial charge is 0.308 e. The largest absolute Gasteiger partial charge is 0.481 e. The number of anilines is 1. The van der Waals surface area contributed by atoms with Crippen LogP contribution in [0.15, 0.2) is 0 Å². The number of rotatable bonds is 2. The van der Waals surface area contributed by atoms with Gasteiger partial charge in [-0.3, -0.25) is 9.59 Å². The molecule has 2 aliphatic rings. The average Bonchev–Trinajstić information content (AvgIpc) is 3.00. The third-order valence-electron chi connectivity index (χ3n) is 3.73. The summed E-state index contributed by atoms with van der Waals surface area (Å²) in [6.45, 7) is 0.183. The van der Waals surface area contributed by atoms with Crippen LogP contribution in [0.4, 0.5) is 5.00 Å². The van der Waals surface area contributed by atoms with Crippen LogP contribution < -0.4 is 4.90 Å². The van der Waals surface area contributed by atoms with Gasteiger partial charge >= 0.3 is 5.97 Å². The first kappa shape index (κ1) is 12.2. The molecule has 1 atom stereocenters. The van der Waals surface area contributed by atoms with Gasteiger partial charge in [0.2, 0.25) is 5.91 Å². The SMILES string of the molecule is N#Cc1c(N2CC(C(=O)O)CC2=O)sc2c1CCC2. The van der Waals surface area contributed by atoms with Crippen LogP contribution in [0.1, 0.15) is 28.8 Å². The highest BCUT2D eigenvalue weighted by molar-refractivity contribution is 7.16. The molecule has 1 aliphatic carbocycles. The van der Waals surface area contributed by atoms with Gasteiger partial charge in [-0.25, -0.2) is 0 Å². The van der Waals surface area contributed by atoms with E-state index in [1.807, 2.05) is 0 Å². The molecular weight excluding hydrogens is 264 g/mol. The normalized spacial score (nSPS) is 21.5. The molecule has 6 heteroatoms. The van der Waals surface area contributed by atoms with Gasteiger partial charge in [0.25, 0.3) is 0 Å². The highest BCUT2D eigenvalue weighted by atomic mass is 32.1. The molecule has 1 N–H and O–H groups in total. The number of hydrogen-bond acceptors (Lipinski definition) is 4. The Hall–Kier alpha value is -1.87. The van der Waals surface area contributed by atoms with Crippen molar-refractivity contribution < 1.29 is 14.7 Å². The molecule has 2 heterocycles. The van der Waals surface area contributed by atoms with Gasteiger partial charge in [-0.1, -0.05) is 0 Å². The quantitative estimate of drug-likeness (QED) is 0.888. The number of nitrogens with zero attached hydrogens (tertiary/aromatic N) is 2. The van der Waals surface area contributed by atoms with Crippen LogP contribution in [-0.2, 0) is 22.4 Å². The molecule has 1 unspecified atom stereocenters. The Morgan fingerprint density at radius 1 is 1.47 bits per heavy atom. The molecule has 1 amide bonds. The van der Waals surface area contributed by atoms with E-state index in [2.05, 4.69) is 6.07 Å². The van der Waals surface area contributed by atoms with Crippen molar-refractivity contribution >= 4 is 28.2 Å². The van der Waals surface area contributed by atoms with E-state index in [0.29, 0.717) is 10.6 Å². The molecular formula is C13H12N2O3S. The molecule has 0 spiro atoms. The van der Waals surface area contributed by atoms with E-state index in [1.165, 1.54) is 21.1 Å². The second-order valence-corrected chi connectivity index (χ2v) is 5.98. The van der Waals surface area contributed by atoms with Crippen molar-refractivity contribution in [3.05, 3.63) is 16.0 Å². The van der Waals surface area contributed by atoms with E-state index < -0.39 is 11.9 Å². The number of aryl methyl sites for hydroxylation is 1. The fourth-order valence-corrected chi connectivity index (χ4v) is 4.13. The molecule has 1 saturated heterocycles. The average molecular weight is 276 g/mol. The van der Waals surface area contributed by atoms with Crippen molar-refractivity contribution in [3.63, 3.8) is 0 Å². The van der Waals surface area contributed by atoms with Crippen molar-refractivity contribution in [2.75, 3.05) is 11.4 Å². The van der Waals surface area contributed by atoms with Crippen LogP contribution in [0.25, 0.3) is 0 Å². The molecule has 1 aromatic heterocycles. The highest BCUT2D eigenvalue weighted by Gasteiger charge is 2.38. The lowest BCUT2D eigenvalue weighted by Gasteiger charge is -2.14. The number of fused-ring (bicyclic) bond motifs is 1. The molecule has 1 aliphatic heterocycles. The Bertz CT molecular complexity index is 614. The summed E-state index contributed by atoms with van der Waals surface area (Å²) in [5, 5.41) is 18.9. The Morgan fingerprint density at radius 2 is 2.26 bits per heavy atom. The first-order chi connectivity index (χ1) is 9.11. The topological polar surface area (TPSA) is 81.4 Å². The minimum Gasteiger partial charge on any atom is -0.481 e. The lowest BCUT2D eigenvalue weighted by Crippen LogP contribution is -2.25. The van der Waals surface area contributed by atoms with E-state index in [4.69, 9.17) is 5.11 Å². The fourth-order valence-electron chi connectivity index (χ4n) is 2.76. The Balaban J connectivity index is 1.98. The second kappa shape index (κ2) is 4.35. The summed E-state index contributed by atoms with van der Waals surface area (Å²) in [4.78, 5) is 25.6. The molecule has 0 aromatic carbocycles. The molecule has 98 valence electrons. The molecule has 1 fully saturated rings. The number of nitriles is 1. The van der Waals surface area contributed by atoms with Crippen molar-refractivity contribution in [1.29, 1.82) is 5.26 Å². The predicted octanol–water partition coefficient (Wildman–Crippen LogP) is 1.55. The summed E-state index contributed by atoms with van der Waals surface area (Å²) >= 11 is 1.48. The van der Waals surface area contributed by atoms with E-state index in [9.17, 15) is 14.9 Å². The molecule has 19 heavy (non-hydrogen) atoms. The zero-order chi connectivity index (χ0) is 13.6. The van der Waals surface area contributed by atoms with Crippen LogP contribution in [0.2, 0.25) is 0 Å². The van der Waals surface area contributed by atoms with Crippen LogP contribution in [0, 0.1) is 17.2 Å². The number of carbonyl (C=O) groups is 2. The monoisotopic (exact) mass is 276 g/mol. The van der Waals surface area contributed by atoms with Gasteiger partial charge in [0.15, 0.2) is 0 Å². The minimum absolute atomic E-state index is 0.0305. The van der Waals surface area contributed by atoms with Gasteiger partial charge in [0.1, 0.15) is 11.1 Å². The standard InChI is InChI=1S/C13H12N2O3S/c14-5-9-8-2-1-3-10(8)19-12(9)15-6-7(13(17)18)4-11(15)16/h7H,1-4,6H2,(H,17,18). The maximum Gasteiger partial charge on any atom is 0.308 e. The zero-order valence-corrected chi connectivity index (χ0v) is 11.0. The van der Waals surface area contributed by atoms with Crippen molar-refractivity contribution in [2.24, 2.45) is 5.92 Å². The van der Waals surface area contributed by atoms with Gasteiger partial charge in [-0.05, 0) is 24.8 Å². The Labute approximate surface area is 114 Å². The van der Waals surface area contributed by atoms with Gasteiger partial charge < -0.3 is 10.0 Å². The Morgan fingerprint density at radius 3 is 2.89 bits per heavy atom. The highest BCUT2D eigenvalue weighted by Crippen LogP contribution is 2.42. The summed E-state index contributed by atoms with van der Waals surface area (Å²) in [5.74, 6) is -1.79. The number of carboxylic acid groups (broad SMARTS) is 1. The van der Waals surface area contributed by atoms with Crippen molar-refractivity contribution in [1.82, 2.24) is 0 Å². The summed E-state index contributed by atoms with van der Waals surface area (Å²) in [6.07, 6.45) is 2.93. The molecule has 5 nitrogen and oxygen atoms in total. The van der Waals surface area contributed by atoms with Crippen LogP contribution >= 0.6 is 11.3 Å². The van der Waals surface area contributed by atoms with Crippen LogP contribution in [-0.4, -0.2) is 23.5 Å².